The molecule has 0 saturated heterocycles. The minimum Gasteiger partial charge on any atom is -0.314 e. The fourth-order valence-corrected chi connectivity index (χ4v) is 3.29. The Morgan fingerprint density at radius 1 is 1.37 bits per heavy atom. The first kappa shape index (κ1) is 14.5. The van der Waals surface area contributed by atoms with Crippen molar-refractivity contribution in [3.05, 3.63) is 12.2 Å². The molecule has 1 aromatic rings. The maximum absolute atomic E-state index is 4.42. The summed E-state index contributed by atoms with van der Waals surface area (Å²) in [5, 5.41) is 7.99. The summed E-state index contributed by atoms with van der Waals surface area (Å²) in [6, 6.07) is 0.666. The molecule has 1 atom stereocenters. The second-order valence-electron chi connectivity index (χ2n) is 5.65. The molecular formula is C15H28N4. The molecule has 1 heterocycles. The van der Waals surface area contributed by atoms with E-state index in [1.165, 1.54) is 32.1 Å². The molecule has 1 unspecified atom stereocenters. The second-order valence-corrected chi connectivity index (χ2v) is 5.65. The summed E-state index contributed by atoms with van der Waals surface area (Å²) >= 11 is 0. The van der Waals surface area contributed by atoms with Crippen LogP contribution < -0.4 is 5.32 Å². The molecule has 0 aliphatic heterocycles. The van der Waals surface area contributed by atoms with Gasteiger partial charge in [-0.2, -0.15) is 5.10 Å². The summed E-state index contributed by atoms with van der Waals surface area (Å²) in [6.07, 6.45) is 10.7. The van der Waals surface area contributed by atoms with Gasteiger partial charge in [0.15, 0.2) is 0 Å². The molecule has 2 rings (SSSR count). The largest absolute Gasteiger partial charge is 0.314 e. The Balaban J connectivity index is 1.88. The molecule has 1 aromatic heterocycles. The summed E-state index contributed by atoms with van der Waals surface area (Å²) in [4.78, 5) is 4.42. The first-order valence-electron chi connectivity index (χ1n) is 7.95. The number of hydrogen-bond acceptors (Lipinski definition) is 3. The number of nitrogens with one attached hydrogen (secondary N) is 1. The molecule has 108 valence electrons. The predicted molar refractivity (Wildman–Crippen MR) is 78.1 cm³/mol. The third-order valence-electron chi connectivity index (χ3n) is 4.25. The average molecular weight is 264 g/mol. The van der Waals surface area contributed by atoms with Crippen molar-refractivity contribution in [2.75, 3.05) is 6.54 Å². The van der Waals surface area contributed by atoms with Crippen LogP contribution in [-0.2, 0) is 13.0 Å². The maximum Gasteiger partial charge on any atom is 0.138 e. The van der Waals surface area contributed by atoms with Gasteiger partial charge in [0.25, 0.3) is 0 Å². The Labute approximate surface area is 117 Å². The van der Waals surface area contributed by atoms with Gasteiger partial charge in [-0.15, -0.1) is 0 Å². The van der Waals surface area contributed by atoms with Crippen LogP contribution in [0, 0.1) is 5.92 Å². The molecule has 19 heavy (non-hydrogen) atoms. The van der Waals surface area contributed by atoms with Crippen molar-refractivity contribution in [1.29, 1.82) is 0 Å². The third-order valence-corrected chi connectivity index (χ3v) is 4.25. The Hall–Kier alpha value is -0.900. The third kappa shape index (κ3) is 4.03. The van der Waals surface area contributed by atoms with Gasteiger partial charge in [0.2, 0.25) is 0 Å². The molecule has 0 amide bonds. The van der Waals surface area contributed by atoms with Crippen LogP contribution in [0.5, 0.6) is 0 Å². The quantitative estimate of drug-likeness (QED) is 0.785. The lowest BCUT2D eigenvalue weighted by atomic mass is 9.94. The van der Waals surface area contributed by atoms with Crippen molar-refractivity contribution in [2.24, 2.45) is 5.92 Å². The Kier molecular flexibility index (Phi) is 5.83. The zero-order valence-corrected chi connectivity index (χ0v) is 12.4. The monoisotopic (exact) mass is 264 g/mol. The van der Waals surface area contributed by atoms with Crippen LogP contribution in [0.3, 0.4) is 0 Å². The first-order chi connectivity index (χ1) is 9.35. The van der Waals surface area contributed by atoms with Crippen molar-refractivity contribution in [3.8, 4) is 0 Å². The second kappa shape index (κ2) is 7.63. The smallest absolute Gasteiger partial charge is 0.138 e. The molecular weight excluding hydrogens is 236 g/mol. The molecule has 4 nitrogen and oxygen atoms in total. The molecule has 1 aliphatic rings. The van der Waals surface area contributed by atoms with E-state index in [0.717, 1.165) is 37.7 Å². The van der Waals surface area contributed by atoms with Crippen LogP contribution >= 0.6 is 0 Å². The van der Waals surface area contributed by atoms with Gasteiger partial charge in [-0.3, -0.25) is 4.68 Å². The normalized spacial score (nSPS) is 18.0. The topological polar surface area (TPSA) is 42.7 Å². The minimum atomic E-state index is 0.666. The summed E-state index contributed by atoms with van der Waals surface area (Å²) in [5.74, 6) is 2.03. The van der Waals surface area contributed by atoms with Gasteiger partial charge in [0, 0.05) is 19.0 Å². The van der Waals surface area contributed by atoms with Crippen molar-refractivity contribution in [3.63, 3.8) is 0 Å². The lowest BCUT2D eigenvalue weighted by Gasteiger charge is -2.24. The number of hydrogen-bond donors (Lipinski definition) is 1. The fraction of sp³-hybridized carbons (Fsp3) is 0.867. The number of aryl methyl sites for hydroxylation is 2. The molecule has 0 radical (unpaired) electrons. The zero-order chi connectivity index (χ0) is 13.5. The van der Waals surface area contributed by atoms with E-state index in [1.54, 1.807) is 6.33 Å². The van der Waals surface area contributed by atoms with E-state index in [9.17, 15) is 0 Å². The lowest BCUT2D eigenvalue weighted by molar-refractivity contribution is 0.342. The fourth-order valence-electron chi connectivity index (χ4n) is 3.29. The van der Waals surface area contributed by atoms with Crippen LogP contribution in [0.4, 0.5) is 0 Å². The SMILES string of the molecule is CCCn1ncnc1CCC(NCC)C1CCCC1. The van der Waals surface area contributed by atoms with Gasteiger partial charge < -0.3 is 5.32 Å². The highest BCUT2D eigenvalue weighted by Crippen LogP contribution is 2.29. The van der Waals surface area contributed by atoms with Gasteiger partial charge in [-0.05, 0) is 38.1 Å². The van der Waals surface area contributed by atoms with E-state index in [0.29, 0.717) is 6.04 Å². The Morgan fingerprint density at radius 2 is 2.16 bits per heavy atom. The number of aromatic nitrogens is 3. The summed E-state index contributed by atoms with van der Waals surface area (Å²) < 4.78 is 2.07. The number of nitrogens with zero attached hydrogens (tertiary/aromatic N) is 3. The maximum atomic E-state index is 4.42. The summed E-state index contributed by atoms with van der Waals surface area (Å²) in [5.41, 5.74) is 0. The van der Waals surface area contributed by atoms with Gasteiger partial charge in [-0.1, -0.05) is 26.7 Å². The van der Waals surface area contributed by atoms with Crippen LogP contribution in [0.25, 0.3) is 0 Å². The summed E-state index contributed by atoms with van der Waals surface area (Å²) in [6.45, 7) is 6.46. The Morgan fingerprint density at radius 3 is 2.84 bits per heavy atom. The van der Waals surface area contributed by atoms with Gasteiger partial charge >= 0.3 is 0 Å². The van der Waals surface area contributed by atoms with Gasteiger partial charge in [0.1, 0.15) is 12.2 Å². The highest BCUT2D eigenvalue weighted by molar-refractivity contribution is 4.89. The van der Waals surface area contributed by atoms with Crippen LogP contribution in [0.15, 0.2) is 6.33 Å². The molecule has 1 fully saturated rings. The highest BCUT2D eigenvalue weighted by atomic mass is 15.3. The van der Waals surface area contributed by atoms with E-state index in [1.807, 2.05) is 0 Å². The van der Waals surface area contributed by atoms with Gasteiger partial charge in [0.05, 0.1) is 0 Å². The van der Waals surface area contributed by atoms with E-state index in [2.05, 4.69) is 33.9 Å². The van der Waals surface area contributed by atoms with Crippen LogP contribution in [0.2, 0.25) is 0 Å². The average Bonchev–Trinajstić information content (AvgIpc) is 3.06. The van der Waals surface area contributed by atoms with E-state index in [-0.39, 0.29) is 0 Å². The molecule has 4 heteroatoms. The molecule has 1 N–H and O–H groups in total. The standard InChI is InChI=1S/C15H28N4/c1-3-11-19-15(17-12-18-19)10-9-14(16-4-2)13-7-5-6-8-13/h12-14,16H,3-11H2,1-2H3. The van der Waals surface area contributed by atoms with Gasteiger partial charge in [-0.25, -0.2) is 4.98 Å². The highest BCUT2D eigenvalue weighted by Gasteiger charge is 2.24. The minimum absolute atomic E-state index is 0.666. The molecule has 1 aliphatic carbocycles. The molecule has 0 spiro atoms. The van der Waals surface area contributed by atoms with E-state index >= 15 is 0 Å². The molecule has 0 bridgehead atoms. The van der Waals surface area contributed by atoms with Crippen molar-refractivity contribution >= 4 is 0 Å². The lowest BCUT2D eigenvalue weighted by Crippen LogP contribution is -2.35. The van der Waals surface area contributed by atoms with Crippen LogP contribution in [0.1, 0.15) is 58.2 Å². The zero-order valence-electron chi connectivity index (χ0n) is 12.4. The molecule has 1 saturated carbocycles. The van der Waals surface area contributed by atoms with Crippen molar-refractivity contribution < 1.29 is 0 Å². The van der Waals surface area contributed by atoms with Crippen molar-refractivity contribution in [1.82, 2.24) is 20.1 Å². The van der Waals surface area contributed by atoms with Crippen LogP contribution in [-0.4, -0.2) is 27.4 Å². The molecule has 0 aromatic carbocycles. The Bertz CT molecular complexity index is 355. The van der Waals surface area contributed by atoms with E-state index < -0.39 is 0 Å². The van der Waals surface area contributed by atoms with Crippen molar-refractivity contribution in [2.45, 2.75) is 71.4 Å². The number of rotatable bonds is 8. The summed E-state index contributed by atoms with van der Waals surface area (Å²) in [7, 11) is 0. The predicted octanol–water partition coefficient (Wildman–Crippen LogP) is 2.79. The first-order valence-corrected chi connectivity index (χ1v) is 7.95. The van der Waals surface area contributed by atoms with E-state index in [4.69, 9.17) is 0 Å².